The lowest BCUT2D eigenvalue weighted by Crippen LogP contribution is -2.25. The molecule has 1 saturated carbocycles. The number of nitrogens with zero attached hydrogens (tertiary/aromatic N) is 1. The van der Waals surface area contributed by atoms with Crippen LogP contribution in [0, 0.1) is 6.92 Å². The first kappa shape index (κ1) is 14.5. The van der Waals surface area contributed by atoms with Crippen molar-refractivity contribution in [3.05, 3.63) is 34.8 Å². The van der Waals surface area contributed by atoms with Gasteiger partial charge in [0.25, 0.3) is 0 Å². The lowest BCUT2D eigenvalue weighted by molar-refractivity contribution is 0.416. The number of benzene rings is 1. The molecule has 0 aliphatic heterocycles. The van der Waals surface area contributed by atoms with E-state index in [2.05, 4.69) is 18.3 Å². The Morgan fingerprint density at radius 1 is 1.29 bits per heavy atom. The highest BCUT2D eigenvalue weighted by molar-refractivity contribution is 7.15. The molecule has 1 heterocycles. The minimum atomic E-state index is 0.696. The highest BCUT2D eigenvalue weighted by Crippen LogP contribution is 2.34. The van der Waals surface area contributed by atoms with E-state index in [1.54, 1.807) is 18.4 Å². The molecule has 1 aromatic heterocycles. The minimum Gasteiger partial charge on any atom is -0.496 e. The summed E-state index contributed by atoms with van der Waals surface area (Å²) in [5.74, 6) is 0.890. The van der Waals surface area contributed by atoms with Crippen molar-refractivity contribution in [2.45, 2.75) is 45.2 Å². The molecule has 3 rings (SSSR count). The van der Waals surface area contributed by atoms with Gasteiger partial charge < -0.3 is 10.1 Å². The van der Waals surface area contributed by atoms with Gasteiger partial charge in [-0.1, -0.05) is 25.0 Å². The number of methoxy groups -OCH3 is 1. The lowest BCUT2D eigenvalue weighted by atomic mass is 10.2. The molecule has 0 atom stereocenters. The van der Waals surface area contributed by atoms with Crippen LogP contribution in [0.2, 0.25) is 0 Å². The average Bonchev–Trinajstić information content (AvgIpc) is 3.14. The van der Waals surface area contributed by atoms with E-state index in [4.69, 9.17) is 9.72 Å². The largest absolute Gasteiger partial charge is 0.496 e. The van der Waals surface area contributed by atoms with Crippen LogP contribution >= 0.6 is 11.3 Å². The molecular weight excluding hydrogens is 280 g/mol. The summed E-state index contributed by atoms with van der Waals surface area (Å²) in [5.41, 5.74) is 2.21. The number of thiazole rings is 1. The van der Waals surface area contributed by atoms with Crippen molar-refractivity contribution >= 4 is 11.3 Å². The molecule has 2 aromatic rings. The Hall–Kier alpha value is -1.39. The molecule has 0 spiro atoms. The molecule has 21 heavy (non-hydrogen) atoms. The van der Waals surface area contributed by atoms with Crippen LogP contribution in [-0.2, 0) is 6.54 Å². The highest BCUT2D eigenvalue weighted by atomic mass is 32.1. The third-order valence-corrected chi connectivity index (χ3v) is 5.33. The fourth-order valence-corrected chi connectivity index (χ4v) is 3.94. The van der Waals surface area contributed by atoms with Crippen molar-refractivity contribution in [3.8, 4) is 16.3 Å². The second kappa shape index (κ2) is 6.58. The zero-order valence-corrected chi connectivity index (χ0v) is 13.5. The van der Waals surface area contributed by atoms with Gasteiger partial charge in [-0.05, 0) is 31.9 Å². The fraction of sp³-hybridized carbons (Fsp3) is 0.471. The number of para-hydroxylation sites is 1. The summed E-state index contributed by atoms with van der Waals surface area (Å²) in [7, 11) is 1.71. The number of rotatable bonds is 5. The number of aryl methyl sites for hydroxylation is 1. The topological polar surface area (TPSA) is 34.1 Å². The van der Waals surface area contributed by atoms with Crippen LogP contribution in [0.25, 0.3) is 10.6 Å². The Morgan fingerprint density at radius 3 is 2.81 bits per heavy atom. The standard InChI is InChI=1S/C17H22N2OS/c1-12-16(11-18-13-7-3-4-8-13)21-17(19-12)14-9-5-6-10-15(14)20-2/h5-6,9-10,13,18H,3-4,7-8,11H2,1-2H3. The van der Waals surface area contributed by atoms with E-state index in [1.165, 1.54) is 30.6 Å². The smallest absolute Gasteiger partial charge is 0.129 e. The Balaban J connectivity index is 1.77. The number of ether oxygens (including phenoxy) is 1. The van der Waals surface area contributed by atoms with Gasteiger partial charge in [0.05, 0.1) is 18.4 Å². The van der Waals surface area contributed by atoms with Gasteiger partial charge >= 0.3 is 0 Å². The predicted octanol–water partition coefficient (Wildman–Crippen LogP) is 4.16. The van der Waals surface area contributed by atoms with Gasteiger partial charge in [0, 0.05) is 17.5 Å². The van der Waals surface area contributed by atoms with E-state index in [-0.39, 0.29) is 0 Å². The Morgan fingerprint density at radius 2 is 2.05 bits per heavy atom. The van der Waals surface area contributed by atoms with Crippen LogP contribution in [0.15, 0.2) is 24.3 Å². The second-order valence-electron chi connectivity index (χ2n) is 5.59. The summed E-state index contributed by atoms with van der Waals surface area (Å²) in [5, 5.41) is 4.72. The lowest BCUT2D eigenvalue weighted by Gasteiger charge is -2.10. The number of hydrogen-bond donors (Lipinski definition) is 1. The summed E-state index contributed by atoms with van der Waals surface area (Å²) in [4.78, 5) is 6.07. The van der Waals surface area contributed by atoms with Crippen LogP contribution in [0.1, 0.15) is 36.3 Å². The van der Waals surface area contributed by atoms with Crippen LogP contribution in [0.3, 0.4) is 0 Å². The summed E-state index contributed by atoms with van der Waals surface area (Å²) >= 11 is 1.77. The number of aromatic nitrogens is 1. The summed E-state index contributed by atoms with van der Waals surface area (Å²) in [6.45, 7) is 3.03. The van der Waals surface area contributed by atoms with Crippen molar-refractivity contribution in [1.29, 1.82) is 0 Å². The van der Waals surface area contributed by atoms with Crippen molar-refractivity contribution in [1.82, 2.24) is 10.3 Å². The molecular formula is C17H22N2OS. The van der Waals surface area contributed by atoms with E-state index >= 15 is 0 Å². The summed E-state index contributed by atoms with van der Waals surface area (Å²) < 4.78 is 5.44. The van der Waals surface area contributed by atoms with Crippen LogP contribution in [0.5, 0.6) is 5.75 Å². The van der Waals surface area contributed by atoms with E-state index in [0.29, 0.717) is 6.04 Å². The van der Waals surface area contributed by atoms with Gasteiger partial charge in [-0.2, -0.15) is 0 Å². The van der Waals surface area contributed by atoms with Gasteiger partial charge in [-0.25, -0.2) is 4.98 Å². The van der Waals surface area contributed by atoms with Crippen LogP contribution < -0.4 is 10.1 Å². The molecule has 1 N–H and O–H groups in total. The van der Waals surface area contributed by atoms with E-state index < -0.39 is 0 Å². The van der Waals surface area contributed by atoms with Crippen LogP contribution in [-0.4, -0.2) is 18.1 Å². The number of hydrogen-bond acceptors (Lipinski definition) is 4. The van der Waals surface area contributed by atoms with Crippen molar-refractivity contribution in [2.75, 3.05) is 7.11 Å². The first-order valence-electron chi connectivity index (χ1n) is 7.61. The van der Waals surface area contributed by atoms with Crippen molar-refractivity contribution < 1.29 is 4.74 Å². The molecule has 3 nitrogen and oxygen atoms in total. The average molecular weight is 302 g/mol. The minimum absolute atomic E-state index is 0.696. The van der Waals surface area contributed by atoms with Crippen molar-refractivity contribution in [2.24, 2.45) is 0 Å². The zero-order chi connectivity index (χ0) is 14.7. The summed E-state index contributed by atoms with van der Waals surface area (Å²) in [6.07, 6.45) is 5.37. The van der Waals surface area contributed by atoms with Gasteiger partial charge in [0.2, 0.25) is 0 Å². The van der Waals surface area contributed by atoms with Crippen molar-refractivity contribution in [3.63, 3.8) is 0 Å². The molecule has 0 amide bonds. The number of nitrogens with one attached hydrogen (secondary N) is 1. The highest BCUT2D eigenvalue weighted by Gasteiger charge is 2.17. The van der Waals surface area contributed by atoms with E-state index in [1.807, 2.05) is 18.2 Å². The van der Waals surface area contributed by atoms with Crippen LogP contribution in [0.4, 0.5) is 0 Å². The normalized spacial score (nSPS) is 15.5. The molecule has 1 fully saturated rings. The first-order chi connectivity index (χ1) is 10.3. The zero-order valence-electron chi connectivity index (χ0n) is 12.7. The first-order valence-corrected chi connectivity index (χ1v) is 8.42. The maximum absolute atomic E-state index is 5.44. The third kappa shape index (κ3) is 3.27. The molecule has 1 aliphatic rings. The Bertz CT molecular complexity index is 603. The van der Waals surface area contributed by atoms with E-state index in [0.717, 1.165) is 28.6 Å². The SMILES string of the molecule is COc1ccccc1-c1nc(C)c(CNC2CCCC2)s1. The molecule has 1 aliphatic carbocycles. The predicted molar refractivity (Wildman–Crippen MR) is 87.9 cm³/mol. The van der Waals surface area contributed by atoms with E-state index in [9.17, 15) is 0 Å². The Labute approximate surface area is 130 Å². The fourth-order valence-electron chi connectivity index (χ4n) is 2.90. The molecule has 1 aromatic carbocycles. The molecule has 0 unspecified atom stereocenters. The summed E-state index contributed by atoms with van der Waals surface area (Å²) in [6, 6.07) is 8.78. The molecule has 112 valence electrons. The van der Waals surface area contributed by atoms with Gasteiger partial charge in [-0.3, -0.25) is 0 Å². The quantitative estimate of drug-likeness (QED) is 0.900. The van der Waals surface area contributed by atoms with Gasteiger partial charge in [0.1, 0.15) is 10.8 Å². The maximum atomic E-state index is 5.44. The second-order valence-corrected chi connectivity index (χ2v) is 6.67. The van der Waals surface area contributed by atoms with Gasteiger partial charge in [0.15, 0.2) is 0 Å². The molecule has 0 saturated heterocycles. The molecule has 0 radical (unpaired) electrons. The maximum Gasteiger partial charge on any atom is 0.129 e. The molecule has 0 bridgehead atoms. The third-order valence-electron chi connectivity index (χ3n) is 4.14. The Kier molecular flexibility index (Phi) is 4.56. The molecule has 4 heteroatoms. The monoisotopic (exact) mass is 302 g/mol. The van der Waals surface area contributed by atoms with Gasteiger partial charge in [-0.15, -0.1) is 11.3 Å².